The highest BCUT2D eigenvalue weighted by molar-refractivity contribution is 6.07. The third-order valence-electron chi connectivity index (χ3n) is 5.47. The van der Waals surface area contributed by atoms with Gasteiger partial charge in [-0.3, -0.25) is 9.59 Å². The van der Waals surface area contributed by atoms with Gasteiger partial charge in [0.1, 0.15) is 0 Å². The zero-order valence-electron chi connectivity index (χ0n) is 18.5. The first-order valence-corrected chi connectivity index (χ1v) is 10.9. The number of halogens is 2. The number of carbonyl (C=O) groups is 3. The lowest BCUT2D eigenvalue weighted by atomic mass is 10.1. The van der Waals surface area contributed by atoms with E-state index in [-0.39, 0.29) is 29.1 Å². The molecule has 0 bridgehead atoms. The van der Waals surface area contributed by atoms with E-state index in [4.69, 9.17) is 0 Å². The summed E-state index contributed by atoms with van der Waals surface area (Å²) in [4.78, 5) is 47.4. The molecule has 35 heavy (non-hydrogen) atoms. The van der Waals surface area contributed by atoms with Crippen LogP contribution in [0.4, 0.5) is 25.1 Å². The Hall–Kier alpha value is -4.41. The average molecular weight is 480 g/mol. The van der Waals surface area contributed by atoms with Gasteiger partial charge in [-0.2, -0.15) is 0 Å². The number of nitrogens with zero attached hydrogens (tertiary/aromatic N) is 3. The van der Waals surface area contributed by atoms with Gasteiger partial charge in [-0.05, 0) is 43.2 Å². The zero-order valence-corrected chi connectivity index (χ0v) is 18.5. The molecule has 1 saturated heterocycles. The van der Waals surface area contributed by atoms with Crippen LogP contribution in [0.3, 0.4) is 0 Å². The summed E-state index contributed by atoms with van der Waals surface area (Å²) >= 11 is 0. The van der Waals surface area contributed by atoms with Gasteiger partial charge < -0.3 is 20.9 Å². The number of aromatic nitrogens is 2. The number of urea groups is 1. The maximum atomic E-state index is 13.5. The van der Waals surface area contributed by atoms with Crippen LogP contribution >= 0.6 is 0 Å². The van der Waals surface area contributed by atoms with Crippen molar-refractivity contribution >= 4 is 29.4 Å². The van der Waals surface area contributed by atoms with Crippen molar-refractivity contribution in [2.45, 2.75) is 18.9 Å². The van der Waals surface area contributed by atoms with Crippen molar-refractivity contribution in [2.24, 2.45) is 0 Å². The van der Waals surface area contributed by atoms with E-state index in [2.05, 4.69) is 25.9 Å². The molecule has 4 rings (SSSR count). The molecule has 2 heterocycles. The Labute approximate surface area is 199 Å². The molecule has 4 amide bonds. The van der Waals surface area contributed by atoms with Crippen molar-refractivity contribution < 1.29 is 23.2 Å². The van der Waals surface area contributed by atoms with Crippen LogP contribution in [0.1, 0.15) is 33.7 Å². The lowest BCUT2D eigenvalue weighted by Gasteiger charge is -2.32. The highest BCUT2D eigenvalue weighted by Gasteiger charge is 2.26. The molecule has 0 spiro atoms. The first kappa shape index (κ1) is 23.7. The van der Waals surface area contributed by atoms with Crippen molar-refractivity contribution in [3.05, 3.63) is 83.8 Å². The van der Waals surface area contributed by atoms with Crippen LogP contribution in [0.5, 0.6) is 0 Å². The summed E-state index contributed by atoms with van der Waals surface area (Å²) in [6.07, 6.45) is 3.66. The maximum absolute atomic E-state index is 13.5. The fourth-order valence-corrected chi connectivity index (χ4v) is 3.62. The predicted octanol–water partition coefficient (Wildman–Crippen LogP) is 3.43. The maximum Gasteiger partial charge on any atom is 0.321 e. The number of hydrogen-bond acceptors (Lipinski definition) is 5. The van der Waals surface area contributed by atoms with Crippen LogP contribution in [-0.4, -0.2) is 51.8 Å². The molecule has 1 aromatic heterocycles. The highest BCUT2D eigenvalue weighted by atomic mass is 19.2. The van der Waals surface area contributed by atoms with E-state index in [0.717, 1.165) is 18.2 Å². The minimum atomic E-state index is -1.17. The van der Waals surface area contributed by atoms with E-state index in [0.29, 0.717) is 31.6 Å². The predicted molar refractivity (Wildman–Crippen MR) is 124 cm³/mol. The largest absolute Gasteiger partial charge is 0.348 e. The number of carbonyl (C=O) groups excluding carboxylic acids is 3. The second kappa shape index (κ2) is 10.7. The smallest absolute Gasteiger partial charge is 0.321 e. The van der Waals surface area contributed by atoms with Crippen molar-refractivity contribution in [1.29, 1.82) is 0 Å². The summed E-state index contributed by atoms with van der Waals surface area (Å²) in [6.45, 7) is 0.896. The number of nitrogens with one attached hydrogen (secondary N) is 3. The van der Waals surface area contributed by atoms with E-state index >= 15 is 0 Å². The van der Waals surface area contributed by atoms with Gasteiger partial charge in [-0.15, -0.1) is 0 Å². The van der Waals surface area contributed by atoms with Crippen LogP contribution in [0.15, 0.2) is 60.9 Å². The molecule has 11 heteroatoms. The lowest BCUT2D eigenvalue weighted by molar-refractivity contribution is 0.0915. The number of para-hydroxylation sites is 1. The molecular weight excluding hydrogens is 458 g/mol. The lowest BCUT2D eigenvalue weighted by Crippen LogP contribution is -2.48. The Morgan fingerprint density at radius 3 is 2.29 bits per heavy atom. The SMILES string of the molecule is O=C(Nc1nccnc1C(=O)NC1CCN(C(=O)Nc2ccccc2)CC1)c1ccc(F)c(F)c1. The first-order chi connectivity index (χ1) is 16.9. The highest BCUT2D eigenvalue weighted by Crippen LogP contribution is 2.16. The van der Waals surface area contributed by atoms with Crippen LogP contribution in [0, 0.1) is 11.6 Å². The summed E-state index contributed by atoms with van der Waals surface area (Å²) in [6, 6.07) is 11.4. The standard InChI is InChI=1S/C24H22F2N6O3/c25-18-7-6-15(14-19(18)26)22(33)31-21-20(27-10-11-28-21)23(34)29-17-8-12-32(13-9-17)24(35)30-16-4-2-1-3-5-16/h1-7,10-11,14,17H,8-9,12-13H2,(H,29,34)(H,30,35)(H,28,31,33). The molecule has 1 aliphatic heterocycles. The molecule has 0 unspecified atom stereocenters. The monoisotopic (exact) mass is 480 g/mol. The summed E-state index contributed by atoms with van der Waals surface area (Å²) in [5.41, 5.74) is 0.447. The van der Waals surface area contributed by atoms with Gasteiger partial charge >= 0.3 is 6.03 Å². The first-order valence-electron chi connectivity index (χ1n) is 10.9. The fourth-order valence-electron chi connectivity index (χ4n) is 3.62. The topological polar surface area (TPSA) is 116 Å². The Bertz CT molecular complexity index is 1230. The van der Waals surface area contributed by atoms with Crippen LogP contribution in [-0.2, 0) is 0 Å². The molecule has 2 aromatic carbocycles. The molecule has 9 nitrogen and oxygen atoms in total. The van der Waals surface area contributed by atoms with E-state index in [1.54, 1.807) is 17.0 Å². The number of amides is 4. The molecule has 1 fully saturated rings. The Balaban J connectivity index is 1.34. The Morgan fingerprint density at radius 1 is 0.857 bits per heavy atom. The van der Waals surface area contributed by atoms with Gasteiger partial charge in [0.05, 0.1) is 0 Å². The molecule has 1 aliphatic rings. The molecule has 0 saturated carbocycles. The van der Waals surface area contributed by atoms with Gasteiger partial charge in [0.15, 0.2) is 23.1 Å². The summed E-state index contributed by atoms with van der Waals surface area (Å²) in [5, 5.41) is 8.10. The second-order valence-corrected chi connectivity index (χ2v) is 7.87. The third-order valence-corrected chi connectivity index (χ3v) is 5.47. The van der Waals surface area contributed by atoms with Gasteiger partial charge in [-0.1, -0.05) is 18.2 Å². The van der Waals surface area contributed by atoms with Crippen molar-refractivity contribution in [3.8, 4) is 0 Å². The van der Waals surface area contributed by atoms with Crippen molar-refractivity contribution in [3.63, 3.8) is 0 Å². The van der Waals surface area contributed by atoms with Crippen LogP contribution < -0.4 is 16.0 Å². The van der Waals surface area contributed by atoms with Crippen molar-refractivity contribution in [1.82, 2.24) is 20.2 Å². The number of piperidine rings is 1. The normalized spacial score (nSPS) is 13.7. The van der Waals surface area contributed by atoms with Crippen molar-refractivity contribution in [2.75, 3.05) is 23.7 Å². The third kappa shape index (κ3) is 5.94. The fraction of sp³-hybridized carbons (Fsp3) is 0.208. The quantitative estimate of drug-likeness (QED) is 0.517. The van der Waals surface area contributed by atoms with Crippen LogP contribution in [0.2, 0.25) is 0 Å². The van der Waals surface area contributed by atoms with E-state index < -0.39 is 23.4 Å². The molecule has 0 aliphatic carbocycles. The van der Waals surface area contributed by atoms with Gasteiger partial charge in [0, 0.05) is 42.8 Å². The number of benzene rings is 2. The molecule has 0 atom stereocenters. The summed E-state index contributed by atoms with van der Waals surface area (Å²) in [7, 11) is 0. The minimum absolute atomic E-state index is 0.112. The van der Waals surface area contributed by atoms with E-state index in [1.165, 1.54) is 12.4 Å². The molecule has 3 N–H and O–H groups in total. The minimum Gasteiger partial charge on any atom is -0.348 e. The average Bonchev–Trinajstić information content (AvgIpc) is 2.87. The second-order valence-electron chi connectivity index (χ2n) is 7.87. The molecule has 3 aromatic rings. The number of anilines is 2. The van der Waals surface area contributed by atoms with E-state index in [1.807, 2.05) is 18.2 Å². The molecule has 0 radical (unpaired) electrons. The molecular formula is C24H22F2N6O3. The Morgan fingerprint density at radius 2 is 1.57 bits per heavy atom. The summed E-state index contributed by atoms with van der Waals surface area (Å²) in [5.74, 6) is -3.68. The number of rotatable bonds is 5. The van der Waals surface area contributed by atoms with E-state index in [9.17, 15) is 23.2 Å². The summed E-state index contributed by atoms with van der Waals surface area (Å²) < 4.78 is 26.6. The Kier molecular flexibility index (Phi) is 7.24. The molecule has 180 valence electrons. The number of likely N-dealkylation sites (tertiary alicyclic amines) is 1. The van der Waals surface area contributed by atoms with Gasteiger partial charge in [0.2, 0.25) is 0 Å². The zero-order chi connectivity index (χ0) is 24.8. The number of hydrogen-bond donors (Lipinski definition) is 3. The van der Waals surface area contributed by atoms with Gasteiger partial charge in [-0.25, -0.2) is 23.5 Å². The van der Waals surface area contributed by atoms with Crippen LogP contribution in [0.25, 0.3) is 0 Å². The van der Waals surface area contributed by atoms with Gasteiger partial charge in [0.25, 0.3) is 11.8 Å².